The van der Waals surface area contributed by atoms with Crippen molar-refractivity contribution in [1.82, 2.24) is 5.32 Å². The van der Waals surface area contributed by atoms with Gasteiger partial charge in [-0.2, -0.15) is 0 Å². The van der Waals surface area contributed by atoms with Gasteiger partial charge < -0.3 is 20.3 Å². The molecule has 0 fully saturated rings. The van der Waals surface area contributed by atoms with Crippen molar-refractivity contribution < 1.29 is 24.5 Å². The van der Waals surface area contributed by atoms with E-state index in [1.54, 1.807) is 0 Å². The number of esters is 1. The molecule has 2 unspecified atom stereocenters. The van der Waals surface area contributed by atoms with E-state index in [2.05, 4.69) is 43.5 Å². The van der Waals surface area contributed by atoms with Crippen molar-refractivity contribution in [3.05, 3.63) is 24.3 Å². The zero-order chi connectivity index (χ0) is 61.3. The van der Waals surface area contributed by atoms with Gasteiger partial charge in [-0.15, -0.1) is 0 Å². The molecular weight excluding hydrogens is 1040 g/mol. The molecule has 0 radical (unpaired) electrons. The Hall–Kier alpha value is -1.66. The molecule has 0 aromatic carbocycles. The standard InChI is InChI=1S/C79H153NO5/c1-3-5-7-9-11-13-15-16-17-18-40-44-47-50-53-57-61-65-69-73-79(84)85-74-70-66-62-58-54-51-48-45-42-39-37-35-33-31-29-27-25-23-21-19-20-22-24-26-28-30-32-34-36-38-41-43-46-49-52-56-60-64-68-72-78(83)80-76(75-81)77(82)71-67-63-59-55-14-12-10-8-6-4-2/h11,13,16-17,76-77,81-82H,3-10,12,14-15,18-75H2,1-2H3,(H,80,83)/b13-11-,17-16-. The van der Waals surface area contributed by atoms with Crippen LogP contribution in [-0.2, 0) is 14.3 Å². The summed E-state index contributed by atoms with van der Waals surface area (Å²) in [6.45, 7) is 4.95. The van der Waals surface area contributed by atoms with Crippen LogP contribution in [0, 0.1) is 0 Å². The quantitative estimate of drug-likeness (QED) is 0.0320. The summed E-state index contributed by atoms with van der Waals surface area (Å²) in [7, 11) is 0. The van der Waals surface area contributed by atoms with Crippen molar-refractivity contribution in [3.8, 4) is 0 Å². The minimum atomic E-state index is -0.657. The fraction of sp³-hybridized carbons (Fsp3) is 0.924. The maximum absolute atomic E-state index is 12.5. The highest BCUT2D eigenvalue weighted by molar-refractivity contribution is 5.76. The third-order valence-corrected chi connectivity index (χ3v) is 18.5. The molecule has 6 heteroatoms. The van der Waals surface area contributed by atoms with Crippen LogP contribution in [0.4, 0.5) is 0 Å². The van der Waals surface area contributed by atoms with Gasteiger partial charge in [-0.3, -0.25) is 9.59 Å². The smallest absolute Gasteiger partial charge is 0.305 e. The van der Waals surface area contributed by atoms with E-state index in [1.165, 1.54) is 366 Å². The lowest BCUT2D eigenvalue weighted by atomic mass is 10.0. The molecule has 0 bridgehead atoms. The van der Waals surface area contributed by atoms with Crippen LogP contribution in [0.1, 0.15) is 444 Å². The lowest BCUT2D eigenvalue weighted by molar-refractivity contribution is -0.143. The second-order valence-electron chi connectivity index (χ2n) is 27.0. The minimum absolute atomic E-state index is 0.0210. The van der Waals surface area contributed by atoms with Gasteiger partial charge in [-0.25, -0.2) is 0 Å². The molecule has 0 rings (SSSR count). The number of hydrogen-bond donors (Lipinski definition) is 3. The molecule has 0 aliphatic heterocycles. The number of allylic oxidation sites excluding steroid dienone is 4. The van der Waals surface area contributed by atoms with Crippen molar-refractivity contribution in [2.75, 3.05) is 13.2 Å². The molecule has 2 atom stereocenters. The van der Waals surface area contributed by atoms with Crippen molar-refractivity contribution >= 4 is 11.9 Å². The van der Waals surface area contributed by atoms with E-state index in [0.29, 0.717) is 25.9 Å². The molecule has 0 spiro atoms. The topological polar surface area (TPSA) is 95.9 Å². The van der Waals surface area contributed by atoms with Crippen LogP contribution in [0.15, 0.2) is 24.3 Å². The molecule has 0 aromatic heterocycles. The molecule has 0 aromatic rings. The lowest BCUT2D eigenvalue weighted by Gasteiger charge is -2.22. The average Bonchev–Trinajstić information content (AvgIpc) is 3.51. The summed E-state index contributed by atoms with van der Waals surface area (Å²) in [4.78, 5) is 24.6. The summed E-state index contributed by atoms with van der Waals surface area (Å²) in [6.07, 6.45) is 95.8. The van der Waals surface area contributed by atoms with Crippen LogP contribution in [0.2, 0.25) is 0 Å². The van der Waals surface area contributed by atoms with E-state index in [4.69, 9.17) is 4.74 Å². The number of unbranched alkanes of at least 4 members (excludes halogenated alkanes) is 59. The van der Waals surface area contributed by atoms with Gasteiger partial charge in [0.2, 0.25) is 5.91 Å². The van der Waals surface area contributed by atoms with Crippen LogP contribution in [0.25, 0.3) is 0 Å². The van der Waals surface area contributed by atoms with Crippen LogP contribution < -0.4 is 5.32 Å². The van der Waals surface area contributed by atoms with E-state index in [1.807, 2.05) is 0 Å². The van der Waals surface area contributed by atoms with Gasteiger partial charge in [0.15, 0.2) is 0 Å². The maximum atomic E-state index is 12.5. The number of hydrogen-bond acceptors (Lipinski definition) is 5. The Morgan fingerprint density at radius 2 is 0.588 bits per heavy atom. The van der Waals surface area contributed by atoms with Gasteiger partial charge in [0.25, 0.3) is 0 Å². The van der Waals surface area contributed by atoms with Crippen LogP contribution >= 0.6 is 0 Å². The number of ether oxygens (including phenoxy) is 1. The monoisotopic (exact) mass is 1200 g/mol. The van der Waals surface area contributed by atoms with E-state index >= 15 is 0 Å². The predicted molar refractivity (Wildman–Crippen MR) is 375 cm³/mol. The van der Waals surface area contributed by atoms with Gasteiger partial charge in [-0.1, -0.05) is 398 Å². The molecule has 0 aliphatic carbocycles. The highest BCUT2D eigenvalue weighted by Gasteiger charge is 2.20. The molecule has 0 aliphatic rings. The lowest BCUT2D eigenvalue weighted by Crippen LogP contribution is -2.45. The molecule has 0 heterocycles. The summed E-state index contributed by atoms with van der Waals surface area (Å²) in [6, 6.07) is -0.534. The van der Waals surface area contributed by atoms with E-state index in [9.17, 15) is 19.8 Å². The number of rotatable bonds is 74. The first kappa shape index (κ1) is 83.3. The van der Waals surface area contributed by atoms with Crippen LogP contribution in [-0.4, -0.2) is 47.4 Å². The Kier molecular flexibility index (Phi) is 73.3. The molecule has 6 nitrogen and oxygen atoms in total. The number of nitrogens with one attached hydrogen (secondary N) is 1. The van der Waals surface area contributed by atoms with Gasteiger partial charge in [-0.05, 0) is 57.8 Å². The molecule has 1 amide bonds. The molecular formula is C79H153NO5. The highest BCUT2D eigenvalue weighted by atomic mass is 16.5. The second-order valence-corrected chi connectivity index (χ2v) is 27.0. The zero-order valence-corrected chi connectivity index (χ0v) is 57.9. The average molecular weight is 1200 g/mol. The second kappa shape index (κ2) is 74.8. The Labute approximate surface area is 532 Å². The van der Waals surface area contributed by atoms with Crippen molar-refractivity contribution in [2.45, 2.75) is 456 Å². The minimum Gasteiger partial charge on any atom is -0.466 e. The van der Waals surface area contributed by atoms with Crippen LogP contribution in [0.5, 0.6) is 0 Å². The first-order valence-corrected chi connectivity index (χ1v) is 39.1. The van der Waals surface area contributed by atoms with Gasteiger partial charge >= 0.3 is 5.97 Å². The number of carbonyl (C=O) groups excluding carboxylic acids is 2. The zero-order valence-electron chi connectivity index (χ0n) is 57.9. The first-order chi connectivity index (χ1) is 42.0. The normalized spacial score (nSPS) is 12.6. The number of aliphatic hydroxyl groups excluding tert-OH is 2. The van der Waals surface area contributed by atoms with E-state index < -0.39 is 12.1 Å². The molecule has 0 saturated heterocycles. The maximum Gasteiger partial charge on any atom is 0.305 e. The number of amides is 1. The van der Waals surface area contributed by atoms with Crippen molar-refractivity contribution in [3.63, 3.8) is 0 Å². The van der Waals surface area contributed by atoms with Crippen LogP contribution in [0.3, 0.4) is 0 Å². The fourth-order valence-electron chi connectivity index (χ4n) is 12.6. The number of carbonyl (C=O) groups is 2. The summed E-state index contributed by atoms with van der Waals surface area (Å²) in [5.74, 6) is -0.00713. The summed E-state index contributed by atoms with van der Waals surface area (Å²) >= 11 is 0. The Balaban J connectivity index is 3.26. The van der Waals surface area contributed by atoms with Gasteiger partial charge in [0, 0.05) is 12.8 Å². The Bertz CT molecular complexity index is 1330. The Morgan fingerprint density at radius 3 is 0.918 bits per heavy atom. The van der Waals surface area contributed by atoms with Gasteiger partial charge in [0.1, 0.15) is 0 Å². The molecule has 504 valence electrons. The third kappa shape index (κ3) is 71.3. The third-order valence-electron chi connectivity index (χ3n) is 18.5. The Morgan fingerprint density at radius 1 is 0.329 bits per heavy atom. The first-order valence-electron chi connectivity index (χ1n) is 39.1. The highest BCUT2D eigenvalue weighted by Crippen LogP contribution is 2.20. The largest absolute Gasteiger partial charge is 0.466 e. The molecule has 85 heavy (non-hydrogen) atoms. The van der Waals surface area contributed by atoms with E-state index in [-0.39, 0.29) is 18.5 Å². The summed E-state index contributed by atoms with van der Waals surface area (Å²) < 4.78 is 5.52. The van der Waals surface area contributed by atoms with E-state index in [0.717, 1.165) is 44.9 Å². The molecule has 3 N–H and O–H groups in total. The van der Waals surface area contributed by atoms with Crippen molar-refractivity contribution in [1.29, 1.82) is 0 Å². The van der Waals surface area contributed by atoms with Gasteiger partial charge in [0.05, 0.1) is 25.4 Å². The SMILES string of the molecule is CCCCC/C=C\C/C=C\CCCCCCCCCCCC(=O)OCCCCCCCCCCCCCCCCCCCCCCCCCCCCCCCCCCCCCCCCCC(=O)NC(CO)C(O)CCCCCCCCCCCC. The number of aliphatic hydroxyl groups is 2. The fourth-order valence-corrected chi connectivity index (χ4v) is 12.6. The predicted octanol–water partition coefficient (Wildman–Crippen LogP) is 25.7. The summed E-state index contributed by atoms with van der Waals surface area (Å²) in [5.41, 5.74) is 0. The summed E-state index contributed by atoms with van der Waals surface area (Å²) in [5, 5.41) is 23.2. The molecule has 0 saturated carbocycles. The van der Waals surface area contributed by atoms with Crippen molar-refractivity contribution in [2.24, 2.45) is 0 Å².